The molecule has 0 aliphatic rings. The van der Waals surface area contributed by atoms with Gasteiger partial charge in [-0.25, -0.2) is 0 Å². The first-order valence-corrected chi connectivity index (χ1v) is 4.31. The first-order chi connectivity index (χ1) is 5.77. The molecule has 0 aliphatic carbocycles. The quantitative estimate of drug-likeness (QED) is 0.718. The van der Waals surface area contributed by atoms with Gasteiger partial charge >= 0.3 is 0 Å². The van der Waals surface area contributed by atoms with Crippen LogP contribution in [0.5, 0.6) is 0 Å². The third-order valence-corrected chi connectivity index (χ3v) is 2.04. The van der Waals surface area contributed by atoms with Gasteiger partial charge in [-0.2, -0.15) is 0 Å². The number of benzene rings is 1. The molecule has 0 radical (unpaired) electrons. The van der Waals surface area contributed by atoms with Crippen molar-refractivity contribution in [1.82, 2.24) is 0 Å². The van der Waals surface area contributed by atoms with E-state index in [1.807, 2.05) is 19.2 Å². The van der Waals surface area contributed by atoms with Crippen molar-refractivity contribution in [3.63, 3.8) is 0 Å². The number of hydrogen-bond acceptors (Lipinski definition) is 2. The second kappa shape index (κ2) is 4.12. The van der Waals surface area contributed by atoms with Gasteiger partial charge in [-0.15, -0.1) is 0 Å². The van der Waals surface area contributed by atoms with Crippen LogP contribution in [-0.2, 0) is 0 Å². The van der Waals surface area contributed by atoms with E-state index in [4.69, 9.17) is 5.73 Å². The van der Waals surface area contributed by atoms with E-state index in [1.54, 1.807) is 0 Å². The zero-order chi connectivity index (χ0) is 8.97. The summed E-state index contributed by atoms with van der Waals surface area (Å²) in [5.74, 6) is 0. The van der Waals surface area contributed by atoms with E-state index in [0.29, 0.717) is 0 Å². The normalized spacial score (nSPS) is 12.6. The van der Waals surface area contributed by atoms with E-state index >= 15 is 0 Å². The van der Waals surface area contributed by atoms with E-state index in [1.165, 1.54) is 5.56 Å². The summed E-state index contributed by atoms with van der Waals surface area (Å²) in [6.45, 7) is 2.09. The molecule has 2 nitrogen and oxygen atoms in total. The number of nitrogens with two attached hydrogens (primary N) is 1. The summed E-state index contributed by atoms with van der Waals surface area (Å²) in [4.78, 5) is 0. The topological polar surface area (TPSA) is 38.0 Å². The van der Waals surface area contributed by atoms with E-state index in [2.05, 4.69) is 24.4 Å². The van der Waals surface area contributed by atoms with Crippen molar-refractivity contribution in [2.45, 2.75) is 19.4 Å². The van der Waals surface area contributed by atoms with Gasteiger partial charge in [-0.1, -0.05) is 19.1 Å². The molecule has 1 aromatic rings. The molecule has 0 aliphatic heterocycles. The van der Waals surface area contributed by atoms with Crippen LogP contribution < -0.4 is 11.1 Å². The van der Waals surface area contributed by atoms with E-state index in [0.717, 1.165) is 12.1 Å². The minimum Gasteiger partial charge on any atom is -0.388 e. The summed E-state index contributed by atoms with van der Waals surface area (Å²) < 4.78 is 0. The highest BCUT2D eigenvalue weighted by Gasteiger charge is 2.02. The smallest absolute Gasteiger partial charge is 0.0340 e. The number of hydrogen-bond donors (Lipinski definition) is 2. The van der Waals surface area contributed by atoms with Crippen molar-refractivity contribution in [2.75, 3.05) is 12.4 Å². The molecule has 0 saturated heterocycles. The van der Waals surface area contributed by atoms with Crippen molar-refractivity contribution in [1.29, 1.82) is 0 Å². The summed E-state index contributed by atoms with van der Waals surface area (Å²) in [5.41, 5.74) is 8.21. The van der Waals surface area contributed by atoms with Crippen molar-refractivity contribution in [3.05, 3.63) is 29.8 Å². The molecule has 3 N–H and O–H groups in total. The second-order valence-electron chi connectivity index (χ2n) is 2.89. The highest BCUT2D eigenvalue weighted by Crippen LogP contribution is 2.17. The van der Waals surface area contributed by atoms with Crippen LogP contribution in [0.2, 0.25) is 0 Å². The molecule has 1 unspecified atom stereocenters. The van der Waals surface area contributed by atoms with Crippen LogP contribution in [0.15, 0.2) is 24.3 Å². The van der Waals surface area contributed by atoms with E-state index < -0.39 is 0 Å². The minimum absolute atomic E-state index is 0.165. The number of nitrogens with one attached hydrogen (secondary N) is 1. The van der Waals surface area contributed by atoms with Crippen LogP contribution in [-0.4, -0.2) is 7.05 Å². The lowest BCUT2D eigenvalue weighted by molar-refractivity contribution is 0.699. The summed E-state index contributed by atoms with van der Waals surface area (Å²) in [6.07, 6.45) is 0.979. The van der Waals surface area contributed by atoms with Gasteiger partial charge in [0.1, 0.15) is 0 Å². The fourth-order valence-electron chi connectivity index (χ4n) is 1.16. The molecule has 1 aromatic carbocycles. The zero-order valence-corrected chi connectivity index (χ0v) is 7.67. The summed E-state index contributed by atoms with van der Waals surface area (Å²) in [5, 5.41) is 3.09. The lowest BCUT2D eigenvalue weighted by atomic mass is 10.1. The van der Waals surface area contributed by atoms with Gasteiger partial charge < -0.3 is 11.1 Å². The number of rotatable bonds is 3. The van der Waals surface area contributed by atoms with Gasteiger partial charge in [0.2, 0.25) is 0 Å². The zero-order valence-electron chi connectivity index (χ0n) is 7.67. The molecule has 1 atom stereocenters. The van der Waals surface area contributed by atoms with Crippen LogP contribution in [0.25, 0.3) is 0 Å². The van der Waals surface area contributed by atoms with Crippen LogP contribution in [0.1, 0.15) is 24.9 Å². The largest absolute Gasteiger partial charge is 0.388 e. The Hall–Kier alpha value is -1.02. The minimum atomic E-state index is 0.165. The van der Waals surface area contributed by atoms with E-state index in [-0.39, 0.29) is 6.04 Å². The molecule has 0 spiro atoms. The van der Waals surface area contributed by atoms with Crippen molar-refractivity contribution in [2.24, 2.45) is 5.73 Å². The molecular formula is C10H16N2. The van der Waals surface area contributed by atoms with Gasteiger partial charge in [0, 0.05) is 18.8 Å². The molecule has 0 bridgehead atoms. The Labute approximate surface area is 73.8 Å². The summed E-state index contributed by atoms with van der Waals surface area (Å²) >= 11 is 0. The molecule has 66 valence electrons. The van der Waals surface area contributed by atoms with E-state index in [9.17, 15) is 0 Å². The SMILES string of the molecule is CCC(N)c1cccc(NC)c1. The predicted octanol–water partition coefficient (Wildman–Crippen LogP) is 2.14. The highest BCUT2D eigenvalue weighted by atomic mass is 14.8. The molecule has 0 heterocycles. The van der Waals surface area contributed by atoms with Crippen molar-refractivity contribution < 1.29 is 0 Å². The molecule has 0 aromatic heterocycles. The fourth-order valence-corrected chi connectivity index (χ4v) is 1.16. The number of anilines is 1. The lowest BCUT2D eigenvalue weighted by Gasteiger charge is -2.10. The Morgan fingerprint density at radius 2 is 2.25 bits per heavy atom. The maximum Gasteiger partial charge on any atom is 0.0340 e. The van der Waals surface area contributed by atoms with Gasteiger partial charge in [0.15, 0.2) is 0 Å². The second-order valence-corrected chi connectivity index (χ2v) is 2.89. The Bertz CT molecular complexity index is 245. The van der Waals surface area contributed by atoms with Gasteiger partial charge in [-0.3, -0.25) is 0 Å². The Balaban J connectivity index is 2.86. The average molecular weight is 164 g/mol. The molecular weight excluding hydrogens is 148 g/mol. The first-order valence-electron chi connectivity index (χ1n) is 4.31. The average Bonchev–Trinajstić information content (AvgIpc) is 2.17. The van der Waals surface area contributed by atoms with Gasteiger partial charge in [-0.05, 0) is 24.1 Å². The predicted molar refractivity (Wildman–Crippen MR) is 53.2 cm³/mol. The van der Waals surface area contributed by atoms with Crippen LogP contribution >= 0.6 is 0 Å². The van der Waals surface area contributed by atoms with Gasteiger partial charge in [0.05, 0.1) is 0 Å². The Kier molecular flexibility index (Phi) is 3.11. The maximum atomic E-state index is 5.89. The summed E-state index contributed by atoms with van der Waals surface area (Å²) in [6, 6.07) is 8.38. The van der Waals surface area contributed by atoms with Gasteiger partial charge in [0.25, 0.3) is 0 Å². The molecule has 2 heteroatoms. The Morgan fingerprint density at radius 3 is 2.83 bits per heavy atom. The maximum absolute atomic E-state index is 5.89. The van der Waals surface area contributed by atoms with Crippen molar-refractivity contribution >= 4 is 5.69 Å². The fraction of sp³-hybridized carbons (Fsp3) is 0.400. The standard InChI is InChI=1S/C10H16N2/c1-3-10(11)8-5-4-6-9(7-8)12-2/h4-7,10,12H,3,11H2,1-2H3. The Morgan fingerprint density at radius 1 is 1.50 bits per heavy atom. The molecule has 12 heavy (non-hydrogen) atoms. The third-order valence-electron chi connectivity index (χ3n) is 2.04. The van der Waals surface area contributed by atoms with Crippen molar-refractivity contribution in [3.8, 4) is 0 Å². The highest BCUT2D eigenvalue weighted by molar-refractivity contribution is 5.45. The molecule has 0 fully saturated rings. The summed E-state index contributed by atoms with van der Waals surface area (Å²) in [7, 11) is 1.91. The van der Waals surface area contributed by atoms with Crippen LogP contribution in [0, 0.1) is 0 Å². The third kappa shape index (κ3) is 1.98. The van der Waals surface area contributed by atoms with Crippen LogP contribution in [0.3, 0.4) is 0 Å². The molecule has 1 rings (SSSR count). The first kappa shape index (κ1) is 9.07. The lowest BCUT2D eigenvalue weighted by Crippen LogP contribution is -2.08. The molecule has 0 amide bonds. The van der Waals surface area contributed by atoms with Crippen LogP contribution in [0.4, 0.5) is 5.69 Å². The molecule has 0 saturated carbocycles. The monoisotopic (exact) mass is 164 g/mol.